The van der Waals surface area contributed by atoms with E-state index in [-0.39, 0.29) is 11.4 Å². The maximum absolute atomic E-state index is 9.11. The SMILES string of the molecule is N#CC(C#N)=Nc1cc2c(s1)-c1sc3cc(N=C(C#N)C#N)sc3c1OC21CCCCC1. The summed E-state index contributed by atoms with van der Waals surface area (Å²) >= 11 is 4.47. The van der Waals surface area contributed by atoms with Crippen molar-refractivity contribution < 1.29 is 4.74 Å². The van der Waals surface area contributed by atoms with Crippen molar-refractivity contribution in [2.24, 2.45) is 9.98 Å². The highest BCUT2D eigenvalue weighted by Gasteiger charge is 2.45. The van der Waals surface area contributed by atoms with Crippen LogP contribution in [-0.4, -0.2) is 11.4 Å². The van der Waals surface area contributed by atoms with Crippen molar-refractivity contribution in [1.29, 1.82) is 21.0 Å². The molecule has 2 aliphatic rings. The fraction of sp³-hybridized carbons (Fsp3) is 0.273. The van der Waals surface area contributed by atoms with Gasteiger partial charge in [-0.1, -0.05) is 6.42 Å². The molecule has 0 aromatic carbocycles. The molecule has 1 spiro atoms. The molecule has 1 saturated carbocycles. The molecule has 1 aliphatic carbocycles. The predicted octanol–water partition coefficient (Wildman–Crippen LogP) is 6.48. The van der Waals surface area contributed by atoms with Crippen LogP contribution < -0.4 is 4.74 Å². The van der Waals surface area contributed by atoms with E-state index in [1.807, 2.05) is 24.3 Å². The number of nitriles is 4. The van der Waals surface area contributed by atoms with Crippen molar-refractivity contribution in [1.82, 2.24) is 0 Å². The summed E-state index contributed by atoms with van der Waals surface area (Å²) in [6.07, 6.45) is 5.07. The molecule has 4 heterocycles. The molecule has 154 valence electrons. The fourth-order valence-electron chi connectivity index (χ4n) is 4.21. The number of ether oxygens (including phenoxy) is 1. The summed E-state index contributed by atoms with van der Waals surface area (Å²) in [6, 6.07) is 11.1. The van der Waals surface area contributed by atoms with Crippen LogP contribution in [0.2, 0.25) is 0 Å². The van der Waals surface area contributed by atoms with E-state index in [2.05, 4.69) is 9.98 Å². The van der Waals surface area contributed by atoms with E-state index >= 15 is 0 Å². The summed E-state index contributed by atoms with van der Waals surface area (Å²) in [5, 5.41) is 37.5. The van der Waals surface area contributed by atoms with E-state index in [4.69, 9.17) is 25.8 Å². The summed E-state index contributed by atoms with van der Waals surface area (Å²) in [7, 11) is 0. The second-order valence-electron chi connectivity index (χ2n) is 7.39. The largest absolute Gasteiger partial charge is 0.479 e. The Hall–Kier alpha value is -3.54. The van der Waals surface area contributed by atoms with E-state index in [0.717, 1.165) is 62.6 Å². The zero-order valence-electron chi connectivity index (χ0n) is 16.5. The lowest BCUT2D eigenvalue weighted by atomic mass is 9.78. The second-order valence-corrected chi connectivity index (χ2v) is 10.5. The normalized spacial score (nSPS) is 15.2. The first-order chi connectivity index (χ1) is 15.6. The van der Waals surface area contributed by atoms with Crippen LogP contribution in [0.15, 0.2) is 22.1 Å². The smallest absolute Gasteiger partial charge is 0.219 e. The second kappa shape index (κ2) is 7.86. The molecular formula is C22H12N6OS3. The first kappa shape index (κ1) is 20.4. The van der Waals surface area contributed by atoms with Gasteiger partial charge in [0.2, 0.25) is 11.4 Å². The van der Waals surface area contributed by atoms with Gasteiger partial charge in [0.15, 0.2) is 5.75 Å². The molecular weight excluding hydrogens is 460 g/mol. The molecule has 0 radical (unpaired) electrons. The number of aliphatic imine (C=N–C) groups is 2. The highest BCUT2D eigenvalue weighted by molar-refractivity contribution is 7.33. The number of hydrogen-bond acceptors (Lipinski definition) is 10. The monoisotopic (exact) mass is 472 g/mol. The minimum absolute atomic E-state index is 0.164. The van der Waals surface area contributed by atoms with Crippen molar-refractivity contribution in [3.05, 3.63) is 17.7 Å². The minimum Gasteiger partial charge on any atom is -0.479 e. The Kier molecular flexibility index (Phi) is 5.00. The molecule has 1 aliphatic heterocycles. The third-order valence-electron chi connectivity index (χ3n) is 5.55. The number of hydrogen-bond donors (Lipinski definition) is 0. The topological polar surface area (TPSA) is 129 Å². The Balaban J connectivity index is 1.69. The molecule has 5 rings (SSSR count). The van der Waals surface area contributed by atoms with E-state index < -0.39 is 5.60 Å². The quantitative estimate of drug-likeness (QED) is 0.394. The van der Waals surface area contributed by atoms with Crippen molar-refractivity contribution in [2.45, 2.75) is 37.7 Å². The van der Waals surface area contributed by atoms with Crippen LogP contribution in [0.25, 0.3) is 19.2 Å². The lowest BCUT2D eigenvalue weighted by molar-refractivity contribution is 0.0267. The van der Waals surface area contributed by atoms with E-state index in [0.29, 0.717) is 10.0 Å². The highest BCUT2D eigenvalue weighted by Crippen LogP contribution is 2.61. The van der Waals surface area contributed by atoms with Crippen LogP contribution in [0.3, 0.4) is 0 Å². The summed E-state index contributed by atoms with van der Waals surface area (Å²) < 4.78 is 8.70. The van der Waals surface area contributed by atoms with Gasteiger partial charge < -0.3 is 4.74 Å². The number of rotatable bonds is 2. The average molecular weight is 473 g/mol. The van der Waals surface area contributed by atoms with Gasteiger partial charge in [0, 0.05) is 5.56 Å². The maximum atomic E-state index is 9.11. The summed E-state index contributed by atoms with van der Waals surface area (Å²) in [6.45, 7) is 0. The van der Waals surface area contributed by atoms with Gasteiger partial charge in [-0.05, 0) is 37.8 Å². The van der Waals surface area contributed by atoms with Gasteiger partial charge in [0.25, 0.3) is 0 Å². The van der Waals surface area contributed by atoms with Gasteiger partial charge in [-0.25, -0.2) is 9.98 Å². The van der Waals surface area contributed by atoms with Gasteiger partial charge in [-0.3, -0.25) is 0 Å². The van der Waals surface area contributed by atoms with Crippen LogP contribution in [0, 0.1) is 45.3 Å². The molecule has 10 heteroatoms. The molecule has 1 fully saturated rings. The standard InChI is InChI=1S/C22H12N6OS3/c23-8-12(9-24)27-16-6-14-19(31-16)21-18(29-22(14)4-2-1-3-5-22)20-15(30-21)7-17(32-20)28-13(10-25)11-26/h6-7H,1-5H2. The van der Waals surface area contributed by atoms with Crippen LogP contribution in [0.4, 0.5) is 10.0 Å². The third kappa shape index (κ3) is 3.18. The Labute approximate surface area is 195 Å². The first-order valence-corrected chi connectivity index (χ1v) is 12.2. The molecule has 7 nitrogen and oxygen atoms in total. The Morgan fingerprint density at radius 1 is 0.812 bits per heavy atom. The van der Waals surface area contributed by atoms with Crippen LogP contribution >= 0.6 is 34.0 Å². The van der Waals surface area contributed by atoms with Crippen molar-refractivity contribution in [3.8, 4) is 39.8 Å². The Morgan fingerprint density at radius 2 is 1.44 bits per heavy atom. The van der Waals surface area contributed by atoms with Crippen LogP contribution in [0.5, 0.6) is 5.75 Å². The maximum Gasteiger partial charge on any atom is 0.219 e. The van der Waals surface area contributed by atoms with Gasteiger partial charge in [0.05, 0.1) is 19.2 Å². The van der Waals surface area contributed by atoms with Crippen molar-refractivity contribution in [2.75, 3.05) is 0 Å². The number of nitrogens with zero attached hydrogens (tertiary/aromatic N) is 6. The van der Waals surface area contributed by atoms with Crippen molar-refractivity contribution >= 4 is 64.8 Å². The van der Waals surface area contributed by atoms with Crippen molar-refractivity contribution in [3.63, 3.8) is 0 Å². The van der Waals surface area contributed by atoms with Crippen LogP contribution in [0.1, 0.15) is 37.7 Å². The molecule has 0 bridgehead atoms. The summed E-state index contributed by atoms with van der Waals surface area (Å²) in [5.41, 5.74) is 0.303. The van der Waals surface area contributed by atoms with E-state index in [9.17, 15) is 0 Å². The zero-order chi connectivity index (χ0) is 22.3. The zero-order valence-corrected chi connectivity index (χ0v) is 19.0. The number of fused-ring (bicyclic) bond motifs is 6. The highest BCUT2D eigenvalue weighted by atomic mass is 32.1. The molecule has 3 aromatic heterocycles. The first-order valence-electron chi connectivity index (χ1n) is 9.78. The van der Waals surface area contributed by atoms with Gasteiger partial charge in [0.1, 0.15) is 39.9 Å². The number of thiophene rings is 3. The Bertz CT molecular complexity index is 1450. The van der Waals surface area contributed by atoms with Gasteiger partial charge in [-0.2, -0.15) is 21.0 Å². The van der Waals surface area contributed by atoms with Gasteiger partial charge in [-0.15, -0.1) is 34.0 Å². The third-order valence-corrected chi connectivity index (χ3v) is 9.02. The molecule has 0 amide bonds. The molecule has 3 aromatic rings. The average Bonchev–Trinajstić information content (AvgIpc) is 3.50. The fourth-order valence-corrected chi connectivity index (χ4v) is 7.84. The lowest BCUT2D eigenvalue weighted by Crippen LogP contribution is -2.37. The molecule has 0 atom stereocenters. The predicted molar refractivity (Wildman–Crippen MR) is 125 cm³/mol. The lowest BCUT2D eigenvalue weighted by Gasteiger charge is -2.40. The Morgan fingerprint density at radius 3 is 2.06 bits per heavy atom. The summed E-state index contributed by atoms with van der Waals surface area (Å²) in [4.78, 5) is 10.5. The minimum atomic E-state index is -0.448. The van der Waals surface area contributed by atoms with Gasteiger partial charge >= 0.3 is 0 Å². The summed E-state index contributed by atoms with van der Waals surface area (Å²) in [5.74, 6) is 0.819. The molecule has 0 N–H and O–H groups in total. The molecule has 32 heavy (non-hydrogen) atoms. The van der Waals surface area contributed by atoms with E-state index in [1.165, 1.54) is 22.7 Å². The van der Waals surface area contributed by atoms with E-state index in [1.54, 1.807) is 23.5 Å². The van der Waals surface area contributed by atoms with Crippen LogP contribution in [-0.2, 0) is 5.60 Å². The molecule has 0 unspecified atom stereocenters. The molecule has 0 saturated heterocycles.